The van der Waals surface area contributed by atoms with Gasteiger partial charge in [0.15, 0.2) is 0 Å². The van der Waals surface area contributed by atoms with Crippen molar-refractivity contribution in [3.63, 3.8) is 0 Å². The predicted molar refractivity (Wildman–Crippen MR) is 54.7 cm³/mol. The Kier molecular flexibility index (Phi) is 2.25. The van der Waals surface area contributed by atoms with Crippen LogP contribution in [0.1, 0.15) is 25.7 Å². The number of hydrogen-bond acceptors (Lipinski definition) is 3. The number of nitrogens with two attached hydrogens (primary N) is 1. The van der Waals surface area contributed by atoms with Crippen LogP contribution < -0.4 is 5.73 Å². The molecule has 0 spiro atoms. The van der Waals surface area contributed by atoms with Crippen molar-refractivity contribution < 1.29 is 0 Å². The summed E-state index contributed by atoms with van der Waals surface area (Å²) in [5, 5.41) is 0. The van der Waals surface area contributed by atoms with E-state index in [0.717, 1.165) is 37.1 Å². The molecule has 0 aromatic heterocycles. The Morgan fingerprint density at radius 1 is 1.15 bits per heavy atom. The molecular weight excluding hydrogens is 162 g/mol. The number of hydrogen-bond donors (Lipinski definition) is 1. The lowest BCUT2D eigenvalue weighted by molar-refractivity contribution is 0.935. The average Bonchev–Trinajstić information content (AvgIpc) is 2.20. The van der Waals surface area contributed by atoms with E-state index in [4.69, 9.17) is 5.73 Å². The quantitative estimate of drug-likeness (QED) is 0.648. The lowest BCUT2D eigenvalue weighted by atomic mass is 9.99. The molecule has 2 aliphatic heterocycles. The van der Waals surface area contributed by atoms with Crippen molar-refractivity contribution >= 4 is 11.9 Å². The smallest absolute Gasteiger partial charge is 0.0458 e. The molecule has 2 heterocycles. The van der Waals surface area contributed by atoms with E-state index in [2.05, 4.69) is 9.98 Å². The highest BCUT2D eigenvalue weighted by molar-refractivity contribution is 6.01. The minimum atomic E-state index is 0.878. The lowest BCUT2D eigenvalue weighted by Gasteiger charge is -2.14. The van der Waals surface area contributed by atoms with Crippen LogP contribution in [-0.4, -0.2) is 11.9 Å². The molecule has 3 nitrogen and oxygen atoms in total. The van der Waals surface area contributed by atoms with E-state index in [1.807, 2.05) is 12.4 Å². The average molecular weight is 175 g/mol. The zero-order valence-corrected chi connectivity index (χ0v) is 7.53. The third-order valence-electron chi connectivity index (χ3n) is 2.29. The first-order valence-corrected chi connectivity index (χ1v) is 4.58. The maximum Gasteiger partial charge on any atom is 0.0458 e. The molecule has 2 aliphatic rings. The topological polar surface area (TPSA) is 50.7 Å². The van der Waals surface area contributed by atoms with Crippen LogP contribution in [0.5, 0.6) is 0 Å². The maximum atomic E-state index is 5.63. The molecule has 0 atom stereocenters. The van der Waals surface area contributed by atoms with Gasteiger partial charge in [-0.3, -0.25) is 9.98 Å². The number of aliphatic imine (C=N–C) groups is 2. The summed E-state index contributed by atoms with van der Waals surface area (Å²) in [6.45, 7) is 0. The van der Waals surface area contributed by atoms with Crippen LogP contribution in [0.2, 0.25) is 0 Å². The van der Waals surface area contributed by atoms with Crippen molar-refractivity contribution in [3.8, 4) is 0 Å². The first kappa shape index (κ1) is 8.23. The standard InChI is InChI=1S/C10H13N3/c11-9-3-4-10(13-7-9)8-2-1-5-12-6-8/h5-7H,1-4,11H2. The van der Waals surface area contributed by atoms with Crippen molar-refractivity contribution in [1.29, 1.82) is 0 Å². The molecule has 0 aromatic carbocycles. The Morgan fingerprint density at radius 2 is 2.08 bits per heavy atom. The van der Waals surface area contributed by atoms with Crippen molar-refractivity contribution in [2.24, 2.45) is 15.7 Å². The fraction of sp³-hybridized carbons (Fsp3) is 0.400. The van der Waals surface area contributed by atoms with Crippen LogP contribution in [0.15, 0.2) is 33.7 Å². The van der Waals surface area contributed by atoms with Gasteiger partial charge in [0.2, 0.25) is 0 Å². The number of rotatable bonds is 1. The summed E-state index contributed by atoms with van der Waals surface area (Å²) in [6.07, 6.45) is 9.61. The summed E-state index contributed by atoms with van der Waals surface area (Å²) >= 11 is 0. The highest BCUT2D eigenvalue weighted by Crippen LogP contribution is 2.18. The molecule has 2 N–H and O–H groups in total. The van der Waals surface area contributed by atoms with E-state index in [1.54, 1.807) is 6.20 Å². The monoisotopic (exact) mass is 175 g/mol. The molecule has 2 rings (SSSR count). The van der Waals surface area contributed by atoms with E-state index in [9.17, 15) is 0 Å². The zero-order valence-electron chi connectivity index (χ0n) is 7.53. The van der Waals surface area contributed by atoms with Gasteiger partial charge in [0.25, 0.3) is 0 Å². The molecular formula is C10H13N3. The fourth-order valence-electron chi connectivity index (χ4n) is 1.52. The zero-order chi connectivity index (χ0) is 9.10. The minimum absolute atomic E-state index is 0.878. The molecule has 68 valence electrons. The Morgan fingerprint density at radius 3 is 2.69 bits per heavy atom. The molecule has 0 aromatic rings. The SMILES string of the molecule is NC1=CN=C(C2=CN=CCC2)CC1. The molecule has 0 unspecified atom stereocenters. The van der Waals surface area contributed by atoms with Crippen LogP contribution in [0, 0.1) is 0 Å². The van der Waals surface area contributed by atoms with Gasteiger partial charge in [0.05, 0.1) is 0 Å². The molecule has 13 heavy (non-hydrogen) atoms. The van der Waals surface area contributed by atoms with Gasteiger partial charge in [-0.15, -0.1) is 0 Å². The summed E-state index contributed by atoms with van der Waals surface area (Å²) in [7, 11) is 0. The second kappa shape index (κ2) is 3.56. The van der Waals surface area contributed by atoms with Gasteiger partial charge in [-0.25, -0.2) is 0 Å². The van der Waals surface area contributed by atoms with Crippen LogP contribution in [0.4, 0.5) is 0 Å². The molecule has 0 saturated carbocycles. The second-order valence-corrected chi connectivity index (χ2v) is 3.30. The van der Waals surface area contributed by atoms with E-state index >= 15 is 0 Å². The van der Waals surface area contributed by atoms with Crippen molar-refractivity contribution in [3.05, 3.63) is 23.7 Å². The van der Waals surface area contributed by atoms with E-state index in [1.165, 1.54) is 5.57 Å². The Balaban J connectivity index is 2.17. The fourth-order valence-corrected chi connectivity index (χ4v) is 1.52. The summed E-state index contributed by atoms with van der Waals surface area (Å²) in [5.74, 6) is 0. The van der Waals surface area contributed by atoms with Crippen LogP contribution >= 0.6 is 0 Å². The summed E-state index contributed by atoms with van der Waals surface area (Å²) < 4.78 is 0. The third-order valence-corrected chi connectivity index (χ3v) is 2.29. The molecule has 0 bridgehead atoms. The van der Waals surface area contributed by atoms with Gasteiger partial charge < -0.3 is 5.73 Å². The van der Waals surface area contributed by atoms with Gasteiger partial charge in [0, 0.05) is 30.0 Å². The highest BCUT2D eigenvalue weighted by atomic mass is 14.8. The van der Waals surface area contributed by atoms with Crippen LogP contribution in [0.3, 0.4) is 0 Å². The molecule has 3 heteroatoms. The van der Waals surface area contributed by atoms with Gasteiger partial charge in [-0.05, 0) is 31.3 Å². The summed E-state index contributed by atoms with van der Waals surface area (Å²) in [6, 6.07) is 0. The Hall–Kier alpha value is -1.38. The van der Waals surface area contributed by atoms with E-state index in [-0.39, 0.29) is 0 Å². The van der Waals surface area contributed by atoms with Gasteiger partial charge in [0.1, 0.15) is 0 Å². The predicted octanol–water partition coefficient (Wildman–Crippen LogP) is 1.77. The van der Waals surface area contributed by atoms with Gasteiger partial charge in [-0.2, -0.15) is 0 Å². The van der Waals surface area contributed by atoms with Crippen LogP contribution in [-0.2, 0) is 0 Å². The number of nitrogens with zero attached hydrogens (tertiary/aromatic N) is 2. The summed E-state index contributed by atoms with van der Waals surface area (Å²) in [5.41, 5.74) is 8.94. The van der Waals surface area contributed by atoms with Crippen LogP contribution in [0.25, 0.3) is 0 Å². The molecule has 0 amide bonds. The third kappa shape index (κ3) is 1.86. The maximum absolute atomic E-state index is 5.63. The highest BCUT2D eigenvalue weighted by Gasteiger charge is 2.11. The van der Waals surface area contributed by atoms with Crippen molar-refractivity contribution in [1.82, 2.24) is 0 Å². The van der Waals surface area contributed by atoms with Crippen molar-refractivity contribution in [2.75, 3.05) is 0 Å². The first-order valence-electron chi connectivity index (χ1n) is 4.58. The lowest BCUT2D eigenvalue weighted by Crippen LogP contribution is -2.11. The Bertz CT molecular complexity index is 321. The molecule has 0 saturated heterocycles. The summed E-state index contributed by atoms with van der Waals surface area (Å²) in [4.78, 5) is 8.45. The Labute approximate surface area is 77.8 Å². The van der Waals surface area contributed by atoms with E-state index < -0.39 is 0 Å². The first-order chi connectivity index (χ1) is 6.36. The van der Waals surface area contributed by atoms with Gasteiger partial charge >= 0.3 is 0 Å². The molecule has 0 fully saturated rings. The van der Waals surface area contributed by atoms with E-state index in [0.29, 0.717) is 0 Å². The molecule has 0 aliphatic carbocycles. The van der Waals surface area contributed by atoms with Gasteiger partial charge in [-0.1, -0.05) is 0 Å². The largest absolute Gasteiger partial charge is 0.401 e. The second-order valence-electron chi connectivity index (χ2n) is 3.30. The minimum Gasteiger partial charge on any atom is -0.401 e. The number of allylic oxidation sites excluding steroid dienone is 2. The normalized spacial score (nSPS) is 22.0. The molecule has 0 radical (unpaired) electrons. The van der Waals surface area contributed by atoms with Crippen molar-refractivity contribution in [2.45, 2.75) is 25.7 Å².